The zero-order valence-electron chi connectivity index (χ0n) is 27.1. The number of aromatic nitrogens is 1. The van der Waals surface area contributed by atoms with Crippen molar-refractivity contribution >= 4 is 11.6 Å². The van der Waals surface area contributed by atoms with Gasteiger partial charge in [0.15, 0.2) is 0 Å². The van der Waals surface area contributed by atoms with Gasteiger partial charge >= 0.3 is 0 Å². The van der Waals surface area contributed by atoms with Crippen LogP contribution >= 0.6 is 0 Å². The predicted octanol–water partition coefficient (Wildman–Crippen LogP) is 9.21. The molecular weight excluding hydrogens is 547 g/mol. The van der Waals surface area contributed by atoms with E-state index in [4.69, 9.17) is 9.40 Å². The Hall–Kier alpha value is -3.64. The molecule has 1 aliphatic rings. The third-order valence-corrected chi connectivity index (χ3v) is 9.41. The van der Waals surface area contributed by atoms with Gasteiger partial charge in [0.05, 0.1) is 0 Å². The van der Waals surface area contributed by atoms with Gasteiger partial charge in [-0.05, 0) is 101 Å². The molecule has 0 amide bonds. The lowest BCUT2D eigenvalue weighted by molar-refractivity contribution is 0.143. The molecule has 1 N–H and O–H groups in total. The van der Waals surface area contributed by atoms with Gasteiger partial charge in [-0.2, -0.15) is 0 Å². The Morgan fingerprint density at radius 1 is 0.886 bits per heavy atom. The largest absolute Gasteiger partial charge is 0.423 e. The molecule has 0 spiro atoms. The minimum absolute atomic E-state index is 0.0294. The normalized spacial score (nSPS) is 18.2. The first-order valence-electron chi connectivity index (χ1n) is 16.4. The summed E-state index contributed by atoms with van der Waals surface area (Å²) in [6.07, 6.45) is 6.32. The Morgan fingerprint density at radius 3 is 2.18 bits per heavy atom. The molecule has 1 aliphatic carbocycles. The number of hydrogen-bond acceptors (Lipinski definition) is 5. The average molecular weight is 597 g/mol. The van der Waals surface area contributed by atoms with Gasteiger partial charge in [0, 0.05) is 31.2 Å². The number of halogens is 1. The Bertz CT molecular complexity index is 1440. The number of anilines is 2. The summed E-state index contributed by atoms with van der Waals surface area (Å²) in [5.41, 5.74) is 5.78. The quantitative estimate of drug-likeness (QED) is 0.167. The number of oxazole rings is 1. The number of nitrogens with zero attached hydrogens (tertiary/aromatic N) is 3. The minimum atomic E-state index is -0.176. The average Bonchev–Trinajstić information content (AvgIpc) is 3.44. The Morgan fingerprint density at radius 2 is 1.55 bits per heavy atom. The van der Waals surface area contributed by atoms with E-state index < -0.39 is 0 Å². The van der Waals surface area contributed by atoms with E-state index in [0.717, 1.165) is 74.8 Å². The molecule has 2 unspecified atom stereocenters. The molecule has 5 rings (SSSR count). The van der Waals surface area contributed by atoms with E-state index in [0.29, 0.717) is 17.9 Å². The summed E-state index contributed by atoms with van der Waals surface area (Å²) in [5.74, 6) is 2.60. The zero-order valence-corrected chi connectivity index (χ0v) is 27.1. The molecule has 234 valence electrons. The molecule has 5 nitrogen and oxygen atoms in total. The van der Waals surface area contributed by atoms with E-state index in [9.17, 15) is 4.39 Å². The van der Waals surface area contributed by atoms with Gasteiger partial charge in [0.25, 0.3) is 0 Å². The predicted molar refractivity (Wildman–Crippen MR) is 180 cm³/mol. The molecule has 3 aromatic carbocycles. The number of aryl methyl sites for hydroxylation is 1. The van der Waals surface area contributed by atoms with Crippen molar-refractivity contribution in [2.45, 2.75) is 71.4 Å². The number of benzene rings is 3. The van der Waals surface area contributed by atoms with E-state index in [1.165, 1.54) is 16.7 Å². The molecule has 2 atom stereocenters. The minimum Gasteiger partial charge on any atom is -0.423 e. The number of nitrogens with one attached hydrogen (secondary N) is 1. The van der Waals surface area contributed by atoms with Gasteiger partial charge in [-0.25, -0.2) is 9.37 Å². The maximum atomic E-state index is 13.7. The first-order chi connectivity index (χ1) is 21.4. The van der Waals surface area contributed by atoms with Crippen LogP contribution in [0.2, 0.25) is 0 Å². The van der Waals surface area contributed by atoms with Crippen LogP contribution in [0, 0.1) is 24.6 Å². The van der Waals surface area contributed by atoms with Crippen LogP contribution in [-0.4, -0.2) is 37.1 Å². The van der Waals surface area contributed by atoms with Crippen LogP contribution in [-0.2, 0) is 6.42 Å². The fraction of sp³-hybridized carbons (Fsp3) is 0.447. The van der Waals surface area contributed by atoms with E-state index in [2.05, 4.69) is 105 Å². The third kappa shape index (κ3) is 7.71. The molecule has 1 saturated carbocycles. The van der Waals surface area contributed by atoms with E-state index in [-0.39, 0.29) is 11.9 Å². The Balaban J connectivity index is 1.38. The van der Waals surface area contributed by atoms with Crippen LogP contribution in [0.25, 0.3) is 0 Å². The molecule has 0 aliphatic heterocycles. The summed E-state index contributed by atoms with van der Waals surface area (Å²) in [7, 11) is 4.29. The van der Waals surface area contributed by atoms with Gasteiger partial charge < -0.3 is 19.5 Å². The highest BCUT2D eigenvalue weighted by Gasteiger charge is 2.33. The second-order valence-corrected chi connectivity index (χ2v) is 12.6. The van der Waals surface area contributed by atoms with Crippen LogP contribution in [0.5, 0.6) is 0 Å². The van der Waals surface area contributed by atoms with Crippen molar-refractivity contribution in [3.8, 4) is 0 Å². The smallest absolute Gasteiger partial charge is 0.220 e. The van der Waals surface area contributed by atoms with Gasteiger partial charge in [0.2, 0.25) is 11.8 Å². The lowest BCUT2D eigenvalue weighted by Gasteiger charge is -2.38. The highest BCUT2D eigenvalue weighted by atomic mass is 19.1. The maximum Gasteiger partial charge on any atom is 0.220 e. The lowest BCUT2D eigenvalue weighted by atomic mass is 9.74. The number of rotatable bonds is 13. The molecule has 6 heteroatoms. The first-order valence-corrected chi connectivity index (χ1v) is 16.4. The molecule has 0 saturated heterocycles. The zero-order chi connectivity index (χ0) is 31.1. The van der Waals surface area contributed by atoms with Gasteiger partial charge in [-0.3, -0.25) is 0 Å². The van der Waals surface area contributed by atoms with E-state index in [1.54, 1.807) is 12.1 Å². The standard InChI is InChI=1S/C38H49FN4O/c1-6-43(7-2)38-35(26-28-14-9-8-10-15-28)41-37(44-38)34(40-33-16-12-11-13-27(33)3)25-29-17-19-30(20-18-29)36(42(4)5)31-21-23-32(39)24-22-31/h8-16,21-24,29-30,34,36,40H,6-7,17-20,25-26H2,1-5H3. The summed E-state index contributed by atoms with van der Waals surface area (Å²) in [6, 6.07) is 26.4. The van der Waals surface area contributed by atoms with Crippen molar-refractivity contribution in [1.82, 2.24) is 9.88 Å². The lowest BCUT2D eigenvalue weighted by Crippen LogP contribution is -2.31. The Kier molecular flexibility index (Phi) is 10.8. The second kappa shape index (κ2) is 14.9. The summed E-state index contributed by atoms with van der Waals surface area (Å²) in [5, 5.41) is 3.86. The molecular formula is C38H49FN4O. The summed E-state index contributed by atoms with van der Waals surface area (Å²) < 4.78 is 20.4. The number of hydrogen-bond donors (Lipinski definition) is 1. The highest BCUT2D eigenvalue weighted by molar-refractivity contribution is 5.52. The monoisotopic (exact) mass is 596 g/mol. The van der Waals surface area contributed by atoms with E-state index >= 15 is 0 Å². The maximum absolute atomic E-state index is 13.7. The number of para-hydroxylation sites is 1. The second-order valence-electron chi connectivity index (χ2n) is 12.6. The highest BCUT2D eigenvalue weighted by Crippen LogP contribution is 2.43. The fourth-order valence-electron chi connectivity index (χ4n) is 7.04. The SMILES string of the molecule is CCN(CC)c1oc(C(CC2CCC(C(c3ccc(F)cc3)N(C)C)CC2)Nc2ccccc2C)nc1Cc1ccccc1. The van der Waals surface area contributed by atoms with Crippen molar-refractivity contribution in [3.05, 3.63) is 113 Å². The fourth-order valence-corrected chi connectivity index (χ4v) is 7.04. The molecule has 1 aromatic heterocycles. The van der Waals surface area contributed by atoms with Crippen molar-refractivity contribution < 1.29 is 8.81 Å². The molecule has 1 fully saturated rings. The summed E-state index contributed by atoms with van der Waals surface area (Å²) in [4.78, 5) is 9.80. The summed E-state index contributed by atoms with van der Waals surface area (Å²) >= 11 is 0. The van der Waals surface area contributed by atoms with Crippen molar-refractivity contribution in [2.24, 2.45) is 11.8 Å². The summed E-state index contributed by atoms with van der Waals surface area (Å²) in [6.45, 7) is 8.24. The first kappa shape index (κ1) is 31.8. The van der Waals surface area contributed by atoms with Gasteiger partial charge in [-0.1, -0.05) is 73.5 Å². The molecule has 0 radical (unpaired) electrons. The van der Waals surface area contributed by atoms with Crippen LogP contribution in [0.3, 0.4) is 0 Å². The van der Waals surface area contributed by atoms with Crippen molar-refractivity contribution in [3.63, 3.8) is 0 Å². The van der Waals surface area contributed by atoms with Crippen LogP contribution in [0.1, 0.15) is 86.3 Å². The van der Waals surface area contributed by atoms with Crippen LogP contribution in [0.4, 0.5) is 16.0 Å². The van der Waals surface area contributed by atoms with Gasteiger partial charge in [-0.15, -0.1) is 0 Å². The Labute approximate surface area is 263 Å². The third-order valence-electron chi connectivity index (χ3n) is 9.41. The van der Waals surface area contributed by atoms with Crippen LogP contribution < -0.4 is 10.2 Å². The van der Waals surface area contributed by atoms with Gasteiger partial charge in [0.1, 0.15) is 17.6 Å². The van der Waals surface area contributed by atoms with E-state index in [1.807, 2.05) is 12.1 Å². The van der Waals surface area contributed by atoms with Crippen molar-refractivity contribution in [1.29, 1.82) is 0 Å². The molecule has 1 heterocycles. The van der Waals surface area contributed by atoms with Crippen LogP contribution in [0.15, 0.2) is 83.3 Å². The topological polar surface area (TPSA) is 44.5 Å². The molecule has 0 bridgehead atoms. The molecule has 4 aromatic rings. The molecule has 44 heavy (non-hydrogen) atoms. The van der Waals surface area contributed by atoms with Crippen molar-refractivity contribution in [2.75, 3.05) is 37.4 Å².